The molecule has 1 saturated carbocycles. The number of carbonyl (C=O) groups excluding carboxylic acids is 1. The lowest BCUT2D eigenvalue weighted by Crippen LogP contribution is -2.30. The zero-order valence-electron chi connectivity index (χ0n) is 8.79. The maximum atomic E-state index is 11.0. The number of alkyl carbamates (subject to hydrolysis) is 1. The Kier molecular flexibility index (Phi) is 4.73. The minimum absolute atomic E-state index is 0.303. The molecule has 0 aliphatic heterocycles. The summed E-state index contributed by atoms with van der Waals surface area (Å²) in [4.78, 5) is 11.0. The number of carbonyl (C=O) groups is 1. The fourth-order valence-electron chi connectivity index (χ4n) is 1.74. The third-order valence-electron chi connectivity index (χ3n) is 2.66. The molecule has 82 valence electrons. The number of nitrogens with one attached hydrogen (secondary N) is 1. The van der Waals surface area contributed by atoms with Gasteiger partial charge in [-0.05, 0) is 38.5 Å². The normalized spacial score (nSPS) is 27.0. The van der Waals surface area contributed by atoms with E-state index in [9.17, 15) is 4.79 Å². The van der Waals surface area contributed by atoms with E-state index in [1.807, 2.05) is 6.92 Å². The molecule has 0 heterocycles. The summed E-state index contributed by atoms with van der Waals surface area (Å²) < 4.78 is 5.07. The highest BCUT2D eigenvalue weighted by Gasteiger charge is 2.19. The van der Waals surface area contributed by atoms with Gasteiger partial charge >= 0.3 is 6.09 Å². The Morgan fingerprint density at radius 1 is 1.43 bits per heavy atom. The quantitative estimate of drug-likeness (QED) is 0.720. The van der Waals surface area contributed by atoms with E-state index in [-0.39, 0.29) is 6.09 Å². The van der Waals surface area contributed by atoms with E-state index in [0.717, 1.165) is 25.7 Å². The molecule has 0 aromatic rings. The standard InChI is InChI=1S/C10H20N2O2/c1-2-12-10(13)14-7-8-3-5-9(11)6-4-8/h8-9H,2-7,11H2,1H3,(H,12,13). The Morgan fingerprint density at radius 3 is 2.64 bits per heavy atom. The number of nitrogens with two attached hydrogens (primary N) is 1. The molecule has 0 aromatic heterocycles. The molecule has 1 aliphatic carbocycles. The molecule has 14 heavy (non-hydrogen) atoms. The van der Waals surface area contributed by atoms with Crippen LogP contribution in [-0.4, -0.2) is 25.3 Å². The van der Waals surface area contributed by atoms with Gasteiger partial charge in [0.25, 0.3) is 0 Å². The molecule has 0 aromatic carbocycles. The van der Waals surface area contributed by atoms with E-state index >= 15 is 0 Å². The first-order valence-corrected chi connectivity index (χ1v) is 5.38. The topological polar surface area (TPSA) is 64.3 Å². The summed E-state index contributed by atoms with van der Waals surface area (Å²) in [6, 6.07) is 0.357. The third-order valence-corrected chi connectivity index (χ3v) is 2.66. The van der Waals surface area contributed by atoms with Crippen LogP contribution in [0.2, 0.25) is 0 Å². The lowest BCUT2D eigenvalue weighted by Gasteiger charge is -2.25. The summed E-state index contributed by atoms with van der Waals surface area (Å²) in [5.74, 6) is 0.511. The second-order valence-electron chi connectivity index (χ2n) is 3.91. The first kappa shape index (κ1) is 11.3. The monoisotopic (exact) mass is 200 g/mol. The van der Waals surface area contributed by atoms with Crippen molar-refractivity contribution in [2.24, 2.45) is 11.7 Å². The predicted molar refractivity (Wildman–Crippen MR) is 55.0 cm³/mol. The molecule has 1 fully saturated rings. The van der Waals surface area contributed by atoms with Crippen LogP contribution in [0, 0.1) is 5.92 Å². The largest absolute Gasteiger partial charge is 0.449 e. The lowest BCUT2D eigenvalue weighted by atomic mass is 9.87. The van der Waals surface area contributed by atoms with Gasteiger partial charge in [0.05, 0.1) is 6.61 Å². The molecular weight excluding hydrogens is 180 g/mol. The van der Waals surface area contributed by atoms with Gasteiger partial charge in [-0.25, -0.2) is 4.79 Å². The van der Waals surface area contributed by atoms with Crippen LogP contribution in [0.1, 0.15) is 32.6 Å². The van der Waals surface area contributed by atoms with Crippen LogP contribution in [0.3, 0.4) is 0 Å². The molecule has 4 nitrogen and oxygen atoms in total. The number of hydrogen-bond donors (Lipinski definition) is 2. The van der Waals surface area contributed by atoms with Crippen molar-refractivity contribution in [1.82, 2.24) is 5.32 Å². The SMILES string of the molecule is CCNC(=O)OCC1CCC(N)CC1. The Balaban J connectivity index is 2.09. The van der Waals surface area contributed by atoms with Crippen molar-refractivity contribution in [3.63, 3.8) is 0 Å². The zero-order chi connectivity index (χ0) is 10.4. The van der Waals surface area contributed by atoms with Crippen LogP contribution < -0.4 is 11.1 Å². The highest BCUT2D eigenvalue weighted by Crippen LogP contribution is 2.23. The fourth-order valence-corrected chi connectivity index (χ4v) is 1.74. The van der Waals surface area contributed by atoms with Crippen molar-refractivity contribution in [2.45, 2.75) is 38.6 Å². The van der Waals surface area contributed by atoms with Crippen molar-refractivity contribution < 1.29 is 9.53 Å². The van der Waals surface area contributed by atoms with Crippen LogP contribution in [-0.2, 0) is 4.74 Å². The molecule has 1 aliphatic rings. The molecule has 0 atom stereocenters. The van der Waals surface area contributed by atoms with E-state index in [0.29, 0.717) is 25.1 Å². The van der Waals surface area contributed by atoms with Crippen LogP contribution >= 0.6 is 0 Å². The minimum atomic E-state index is -0.303. The van der Waals surface area contributed by atoms with Gasteiger partial charge in [-0.2, -0.15) is 0 Å². The Labute approximate surface area is 85.2 Å². The summed E-state index contributed by atoms with van der Waals surface area (Å²) in [6.45, 7) is 3.04. The molecule has 0 spiro atoms. The lowest BCUT2D eigenvalue weighted by molar-refractivity contribution is 0.114. The Bertz CT molecular complexity index is 177. The Hall–Kier alpha value is -0.770. The van der Waals surface area contributed by atoms with Gasteiger partial charge in [-0.1, -0.05) is 0 Å². The molecular formula is C10H20N2O2. The van der Waals surface area contributed by atoms with Crippen molar-refractivity contribution in [2.75, 3.05) is 13.2 Å². The van der Waals surface area contributed by atoms with Gasteiger partial charge in [0.15, 0.2) is 0 Å². The van der Waals surface area contributed by atoms with Crippen molar-refractivity contribution >= 4 is 6.09 Å². The van der Waals surface area contributed by atoms with Crippen LogP contribution in [0.5, 0.6) is 0 Å². The van der Waals surface area contributed by atoms with Crippen molar-refractivity contribution in [3.8, 4) is 0 Å². The van der Waals surface area contributed by atoms with Gasteiger partial charge < -0.3 is 15.8 Å². The molecule has 1 rings (SSSR count). The smallest absolute Gasteiger partial charge is 0.407 e. The predicted octanol–water partition coefficient (Wildman–Crippen LogP) is 1.25. The van der Waals surface area contributed by atoms with Crippen LogP contribution in [0.25, 0.3) is 0 Å². The maximum Gasteiger partial charge on any atom is 0.407 e. The Morgan fingerprint density at radius 2 is 2.07 bits per heavy atom. The van der Waals surface area contributed by atoms with E-state index in [4.69, 9.17) is 10.5 Å². The first-order chi connectivity index (χ1) is 6.72. The molecule has 0 bridgehead atoms. The van der Waals surface area contributed by atoms with Crippen molar-refractivity contribution in [1.29, 1.82) is 0 Å². The van der Waals surface area contributed by atoms with Crippen molar-refractivity contribution in [3.05, 3.63) is 0 Å². The van der Waals surface area contributed by atoms with Gasteiger partial charge in [-0.3, -0.25) is 0 Å². The highest BCUT2D eigenvalue weighted by atomic mass is 16.5. The van der Waals surface area contributed by atoms with Gasteiger partial charge in [0, 0.05) is 12.6 Å². The molecule has 0 radical (unpaired) electrons. The molecule has 0 saturated heterocycles. The number of hydrogen-bond acceptors (Lipinski definition) is 3. The van der Waals surface area contributed by atoms with Gasteiger partial charge in [0.1, 0.15) is 0 Å². The average molecular weight is 200 g/mol. The zero-order valence-corrected chi connectivity index (χ0v) is 8.79. The fraction of sp³-hybridized carbons (Fsp3) is 0.900. The minimum Gasteiger partial charge on any atom is -0.449 e. The molecule has 3 N–H and O–H groups in total. The van der Waals surface area contributed by atoms with E-state index < -0.39 is 0 Å². The van der Waals surface area contributed by atoms with E-state index in [1.54, 1.807) is 0 Å². The number of amides is 1. The van der Waals surface area contributed by atoms with E-state index in [1.165, 1.54) is 0 Å². The maximum absolute atomic E-state index is 11.0. The summed E-state index contributed by atoms with van der Waals surface area (Å²) in [5, 5.41) is 2.61. The van der Waals surface area contributed by atoms with Gasteiger partial charge in [0.2, 0.25) is 0 Å². The summed E-state index contributed by atoms with van der Waals surface area (Å²) in [5.41, 5.74) is 5.78. The first-order valence-electron chi connectivity index (χ1n) is 5.38. The van der Waals surface area contributed by atoms with E-state index in [2.05, 4.69) is 5.32 Å². The van der Waals surface area contributed by atoms with Gasteiger partial charge in [-0.15, -0.1) is 0 Å². The second kappa shape index (κ2) is 5.86. The summed E-state index contributed by atoms with van der Waals surface area (Å²) >= 11 is 0. The number of ether oxygens (including phenoxy) is 1. The molecule has 1 amide bonds. The number of rotatable bonds is 3. The van der Waals surface area contributed by atoms with Crippen LogP contribution in [0.15, 0.2) is 0 Å². The average Bonchev–Trinajstić information content (AvgIpc) is 2.17. The van der Waals surface area contributed by atoms with Crippen LogP contribution in [0.4, 0.5) is 4.79 Å². The second-order valence-corrected chi connectivity index (χ2v) is 3.91. The molecule has 0 unspecified atom stereocenters. The highest BCUT2D eigenvalue weighted by molar-refractivity contribution is 5.66. The third kappa shape index (κ3) is 3.96. The summed E-state index contributed by atoms with van der Waals surface area (Å²) in [6.07, 6.45) is 3.98. The summed E-state index contributed by atoms with van der Waals surface area (Å²) in [7, 11) is 0. The molecule has 4 heteroatoms.